The van der Waals surface area contributed by atoms with E-state index in [1.54, 1.807) is 0 Å². The summed E-state index contributed by atoms with van der Waals surface area (Å²) < 4.78 is 5.80. The zero-order chi connectivity index (χ0) is 15.0. The van der Waals surface area contributed by atoms with E-state index in [2.05, 4.69) is 40.7 Å². The van der Waals surface area contributed by atoms with E-state index >= 15 is 0 Å². The van der Waals surface area contributed by atoms with Crippen LogP contribution >= 0.6 is 0 Å². The van der Waals surface area contributed by atoms with Crippen molar-refractivity contribution in [3.8, 4) is 11.6 Å². The van der Waals surface area contributed by atoms with Crippen LogP contribution in [-0.4, -0.2) is 19.9 Å². The highest BCUT2D eigenvalue weighted by molar-refractivity contribution is 5.77. The maximum Gasteiger partial charge on any atom is 0.250 e. The monoisotopic (exact) mass is 283 g/mol. The molecule has 0 aliphatic carbocycles. The minimum Gasteiger partial charge on any atom is -0.437 e. The van der Waals surface area contributed by atoms with Crippen LogP contribution in [0.2, 0.25) is 0 Å². The van der Waals surface area contributed by atoms with Gasteiger partial charge in [-0.15, -0.1) is 0 Å². The van der Waals surface area contributed by atoms with Crippen molar-refractivity contribution in [1.82, 2.24) is 19.9 Å². The van der Waals surface area contributed by atoms with Gasteiger partial charge in [0.1, 0.15) is 11.3 Å². The van der Waals surface area contributed by atoms with Gasteiger partial charge in [0.05, 0.1) is 6.33 Å². The van der Waals surface area contributed by atoms with Gasteiger partial charge in [-0.3, -0.25) is 0 Å². The molecule has 6 nitrogen and oxygen atoms in total. The number of hydrogen-bond donors (Lipinski definition) is 2. The highest BCUT2D eigenvalue weighted by Gasteiger charge is 2.14. The number of rotatable bonds is 2. The first kappa shape index (κ1) is 13.4. The van der Waals surface area contributed by atoms with Gasteiger partial charge in [-0.1, -0.05) is 32.9 Å². The van der Waals surface area contributed by atoms with Crippen molar-refractivity contribution in [1.29, 1.82) is 0 Å². The number of nitrogens with one attached hydrogen (secondary N) is 1. The van der Waals surface area contributed by atoms with Crippen molar-refractivity contribution in [3.05, 3.63) is 36.2 Å². The number of anilines is 1. The van der Waals surface area contributed by atoms with E-state index in [0.717, 1.165) is 0 Å². The van der Waals surface area contributed by atoms with E-state index in [1.807, 2.05) is 24.3 Å². The number of fused-ring (bicyclic) bond motifs is 1. The molecule has 0 atom stereocenters. The number of nitrogens with zero attached hydrogens (tertiary/aromatic N) is 3. The molecular formula is C15H17N5O. The molecule has 0 saturated carbocycles. The smallest absolute Gasteiger partial charge is 0.250 e. The van der Waals surface area contributed by atoms with Crippen molar-refractivity contribution in [3.63, 3.8) is 0 Å². The second-order valence-electron chi connectivity index (χ2n) is 5.86. The number of nitrogens with two attached hydrogens (primary N) is 1. The van der Waals surface area contributed by atoms with Crippen LogP contribution < -0.4 is 10.5 Å². The lowest BCUT2D eigenvalue weighted by Gasteiger charge is -2.19. The van der Waals surface area contributed by atoms with Gasteiger partial charge < -0.3 is 15.5 Å². The largest absolute Gasteiger partial charge is 0.437 e. The fourth-order valence-electron chi connectivity index (χ4n) is 2.03. The lowest BCUT2D eigenvalue weighted by molar-refractivity contribution is 0.467. The molecule has 0 aliphatic rings. The van der Waals surface area contributed by atoms with E-state index in [9.17, 15) is 0 Å². The molecule has 6 heteroatoms. The molecule has 2 aromatic heterocycles. The Morgan fingerprint density at radius 2 is 1.81 bits per heavy atom. The summed E-state index contributed by atoms with van der Waals surface area (Å²) in [6.07, 6.45) is 1.54. The summed E-state index contributed by atoms with van der Waals surface area (Å²) in [5.41, 5.74) is 8.13. The molecule has 0 fully saturated rings. The van der Waals surface area contributed by atoms with Crippen molar-refractivity contribution < 1.29 is 4.74 Å². The Balaban J connectivity index is 1.93. The van der Waals surface area contributed by atoms with Crippen LogP contribution in [0.1, 0.15) is 26.3 Å². The van der Waals surface area contributed by atoms with Crippen molar-refractivity contribution >= 4 is 17.1 Å². The first-order valence-electron chi connectivity index (χ1n) is 6.68. The summed E-state index contributed by atoms with van der Waals surface area (Å²) in [7, 11) is 0. The normalized spacial score (nSPS) is 11.8. The van der Waals surface area contributed by atoms with E-state index in [0.29, 0.717) is 22.8 Å². The predicted molar refractivity (Wildman–Crippen MR) is 81.3 cm³/mol. The average Bonchev–Trinajstić information content (AvgIpc) is 2.86. The second kappa shape index (κ2) is 4.73. The Hall–Kier alpha value is -2.63. The quantitative estimate of drug-likeness (QED) is 0.754. The van der Waals surface area contributed by atoms with E-state index in [4.69, 9.17) is 10.5 Å². The summed E-state index contributed by atoms with van der Waals surface area (Å²) >= 11 is 0. The minimum atomic E-state index is 0.106. The number of imidazole rings is 1. The fraction of sp³-hybridized carbons (Fsp3) is 0.267. The van der Waals surface area contributed by atoms with Crippen LogP contribution in [0.15, 0.2) is 30.6 Å². The van der Waals surface area contributed by atoms with Crippen molar-refractivity contribution in [2.24, 2.45) is 0 Å². The number of aromatic nitrogens is 4. The molecule has 21 heavy (non-hydrogen) atoms. The summed E-state index contributed by atoms with van der Waals surface area (Å²) in [6.45, 7) is 6.51. The van der Waals surface area contributed by atoms with Crippen LogP contribution in [0, 0.1) is 0 Å². The molecule has 1 aromatic carbocycles. The number of benzene rings is 1. The lowest BCUT2D eigenvalue weighted by Crippen LogP contribution is -2.10. The average molecular weight is 283 g/mol. The van der Waals surface area contributed by atoms with E-state index in [1.165, 1.54) is 11.9 Å². The second-order valence-corrected chi connectivity index (χ2v) is 5.86. The third-order valence-corrected chi connectivity index (χ3v) is 3.20. The molecule has 0 aliphatic heterocycles. The number of hydrogen-bond acceptors (Lipinski definition) is 5. The molecule has 2 heterocycles. The van der Waals surface area contributed by atoms with Gasteiger partial charge in [-0.2, -0.15) is 9.97 Å². The molecule has 108 valence electrons. The summed E-state index contributed by atoms with van der Waals surface area (Å²) in [6, 6.07) is 7.93. The van der Waals surface area contributed by atoms with Gasteiger partial charge in [0.15, 0.2) is 5.65 Å². The zero-order valence-corrected chi connectivity index (χ0v) is 12.2. The number of aromatic amines is 1. The van der Waals surface area contributed by atoms with Gasteiger partial charge >= 0.3 is 0 Å². The summed E-state index contributed by atoms with van der Waals surface area (Å²) in [4.78, 5) is 15.2. The first-order valence-corrected chi connectivity index (χ1v) is 6.68. The van der Waals surface area contributed by atoms with Gasteiger partial charge in [0.25, 0.3) is 5.88 Å². The SMILES string of the molecule is CC(C)(C)c1ccc(Oc2nc(N)nc3nc[nH]c23)cc1. The van der Waals surface area contributed by atoms with Crippen LogP contribution in [-0.2, 0) is 5.41 Å². The Morgan fingerprint density at radius 3 is 2.48 bits per heavy atom. The Labute approximate surface area is 122 Å². The molecule has 3 rings (SSSR count). The lowest BCUT2D eigenvalue weighted by atomic mass is 9.87. The van der Waals surface area contributed by atoms with Gasteiger partial charge in [-0.05, 0) is 23.1 Å². The van der Waals surface area contributed by atoms with Crippen molar-refractivity contribution in [2.45, 2.75) is 26.2 Å². The molecule has 0 spiro atoms. The third-order valence-electron chi connectivity index (χ3n) is 3.20. The standard InChI is InChI=1S/C15H17N5O/c1-15(2,3)9-4-6-10(7-5-9)21-13-11-12(18-8-17-11)19-14(16)20-13/h4-8H,1-3H3,(H3,16,17,18,19,20). The molecule has 0 amide bonds. The van der Waals surface area contributed by atoms with E-state index < -0.39 is 0 Å². The molecular weight excluding hydrogens is 266 g/mol. The van der Waals surface area contributed by atoms with E-state index in [-0.39, 0.29) is 11.4 Å². The Bertz CT molecular complexity index is 771. The number of H-pyrrole nitrogens is 1. The molecule has 0 bridgehead atoms. The third kappa shape index (κ3) is 2.65. The first-order chi connectivity index (χ1) is 9.93. The molecule has 3 aromatic rings. The van der Waals surface area contributed by atoms with Crippen LogP contribution in [0.3, 0.4) is 0 Å². The maximum atomic E-state index is 5.80. The van der Waals surface area contributed by atoms with Crippen LogP contribution in [0.5, 0.6) is 11.6 Å². The molecule has 0 radical (unpaired) electrons. The van der Waals surface area contributed by atoms with Gasteiger partial charge in [-0.25, -0.2) is 4.98 Å². The zero-order valence-electron chi connectivity index (χ0n) is 12.2. The maximum absolute atomic E-state index is 5.80. The molecule has 3 N–H and O–H groups in total. The summed E-state index contributed by atoms with van der Waals surface area (Å²) in [5.74, 6) is 1.20. The van der Waals surface area contributed by atoms with Crippen LogP contribution in [0.4, 0.5) is 5.95 Å². The fourth-order valence-corrected chi connectivity index (χ4v) is 2.03. The Morgan fingerprint density at radius 1 is 1.10 bits per heavy atom. The molecule has 0 unspecified atom stereocenters. The molecule has 0 saturated heterocycles. The van der Waals surface area contributed by atoms with Crippen molar-refractivity contribution in [2.75, 3.05) is 5.73 Å². The highest BCUT2D eigenvalue weighted by atomic mass is 16.5. The van der Waals surface area contributed by atoms with Crippen LogP contribution in [0.25, 0.3) is 11.2 Å². The summed E-state index contributed by atoms with van der Waals surface area (Å²) in [5, 5.41) is 0. The predicted octanol–water partition coefficient (Wildman–Crippen LogP) is 3.02. The topological polar surface area (TPSA) is 89.7 Å². The van der Waals surface area contributed by atoms with Gasteiger partial charge in [0, 0.05) is 0 Å². The number of nitrogen functional groups attached to an aromatic ring is 1. The highest BCUT2D eigenvalue weighted by Crippen LogP contribution is 2.28. The number of ether oxygens (including phenoxy) is 1. The Kier molecular flexibility index (Phi) is 3.01. The minimum absolute atomic E-state index is 0.106. The van der Waals surface area contributed by atoms with Gasteiger partial charge in [0.2, 0.25) is 5.95 Å².